The minimum atomic E-state index is -0.0936. The molecule has 3 heterocycles. The van der Waals surface area contributed by atoms with E-state index < -0.39 is 0 Å². The summed E-state index contributed by atoms with van der Waals surface area (Å²) >= 11 is 0. The van der Waals surface area contributed by atoms with Crippen LogP contribution in [-0.2, 0) is 0 Å². The van der Waals surface area contributed by atoms with E-state index in [9.17, 15) is 4.79 Å². The molecule has 0 unspecified atom stereocenters. The average molecular weight is 375 g/mol. The van der Waals surface area contributed by atoms with Gasteiger partial charge >= 0.3 is 0 Å². The zero-order chi connectivity index (χ0) is 19.3. The molecule has 1 aliphatic heterocycles. The number of piperazine rings is 1. The lowest BCUT2D eigenvalue weighted by Gasteiger charge is -2.34. The van der Waals surface area contributed by atoms with Crippen LogP contribution in [-0.4, -0.2) is 56.9 Å². The summed E-state index contributed by atoms with van der Waals surface area (Å²) in [5.41, 5.74) is 2.39. The predicted octanol–water partition coefficient (Wildman–Crippen LogP) is 2.28. The normalized spacial score (nSPS) is 14.0. The van der Waals surface area contributed by atoms with Crippen LogP contribution in [0.15, 0.2) is 55.0 Å². The highest BCUT2D eigenvalue weighted by Crippen LogP contribution is 2.18. The van der Waals surface area contributed by atoms with Crippen LogP contribution < -0.4 is 10.2 Å². The molecule has 0 radical (unpaired) electrons. The van der Waals surface area contributed by atoms with E-state index in [0.29, 0.717) is 43.8 Å². The zero-order valence-corrected chi connectivity index (χ0v) is 15.6. The van der Waals surface area contributed by atoms with Gasteiger partial charge in [-0.25, -0.2) is 19.9 Å². The highest BCUT2D eigenvalue weighted by Gasteiger charge is 2.24. The van der Waals surface area contributed by atoms with Crippen molar-refractivity contribution in [3.8, 4) is 0 Å². The van der Waals surface area contributed by atoms with Gasteiger partial charge in [0.15, 0.2) is 0 Å². The maximum absolute atomic E-state index is 12.9. The van der Waals surface area contributed by atoms with Crippen LogP contribution in [0.3, 0.4) is 0 Å². The Hall–Kier alpha value is -3.55. The fraction of sp³-hybridized carbons (Fsp3) is 0.250. The number of hydrogen-bond donors (Lipinski definition) is 1. The molecule has 28 heavy (non-hydrogen) atoms. The van der Waals surface area contributed by atoms with Crippen LogP contribution in [0, 0.1) is 6.92 Å². The molecule has 8 heteroatoms. The van der Waals surface area contributed by atoms with E-state index in [1.165, 1.54) is 0 Å². The predicted molar refractivity (Wildman–Crippen MR) is 107 cm³/mol. The van der Waals surface area contributed by atoms with Crippen molar-refractivity contribution in [2.24, 2.45) is 0 Å². The molecule has 2 aromatic heterocycles. The molecule has 0 saturated carbocycles. The van der Waals surface area contributed by atoms with Crippen molar-refractivity contribution >= 4 is 23.5 Å². The van der Waals surface area contributed by atoms with E-state index in [1.807, 2.05) is 31.2 Å². The molecular weight excluding hydrogens is 354 g/mol. The summed E-state index contributed by atoms with van der Waals surface area (Å²) in [5.74, 6) is 1.02. The van der Waals surface area contributed by atoms with Crippen molar-refractivity contribution in [1.82, 2.24) is 24.8 Å². The molecule has 0 bridgehead atoms. The highest BCUT2D eigenvalue weighted by atomic mass is 16.2. The Morgan fingerprint density at radius 2 is 1.68 bits per heavy atom. The van der Waals surface area contributed by atoms with Crippen molar-refractivity contribution in [2.75, 3.05) is 36.4 Å². The van der Waals surface area contributed by atoms with Crippen molar-refractivity contribution in [1.29, 1.82) is 0 Å². The third-order valence-corrected chi connectivity index (χ3v) is 4.67. The molecule has 0 atom stereocenters. The fourth-order valence-corrected chi connectivity index (χ4v) is 3.10. The molecule has 8 nitrogen and oxygen atoms in total. The number of carbonyl (C=O) groups is 1. The Kier molecular flexibility index (Phi) is 5.09. The van der Waals surface area contributed by atoms with Gasteiger partial charge in [-0.05, 0) is 30.7 Å². The van der Waals surface area contributed by atoms with E-state index in [4.69, 9.17) is 0 Å². The summed E-state index contributed by atoms with van der Waals surface area (Å²) in [6.45, 7) is 4.58. The minimum absolute atomic E-state index is 0.0936. The first-order valence-electron chi connectivity index (χ1n) is 9.17. The number of para-hydroxylation sites is 1. The second-order valence-electron chi connectivity index (χ2n) is 6.53. The molecule has 142 valence electrons. The maximum Gasteiger partial charge on any atom is 0.272 e. The van der Waals surface area contributed by atoms with Gasteiger partial charge in [-0.3, -0.25) is 4.79 Å². The van der Waals surface area contributed by atoms with Crippen LogP contribution in [0.25, 0.3) is 0 Å². The number of benzene rings is 1. The van der Waals surface area contributed by atoms with Gasteiger partial charge < -0.3 is 15.1 Å². The molecule has 4 rings (SSSR count). The van der Waals surface area contributed by atoms with Crippen LogP contribution in [0.2, 0.25) is 0 Å². The molecule has 1 aromatic carbocycles. The number of amides is 1. The van der Waals surface area contributed by atoms with E-state index in [0.717, 1.165) is 11.3 Å². The molecule has 1 N–H and O–H groups in total. The number of nitrogens with one attached hydrogen (secondary N) is 1. The first kappa shape index (κ1) is 17.8. The summed E-state index contributed by atoms with van der Waals surface area (Å²) in [6.07, 6.45) is 5.06. The number of rotatable bonds is 4. The minimum Gasteiger partial charge on any atom is -0.337 e. The first-order chi connectivity index (χ1) is 13.7. The standard InChI is InChI=1S/C20H21N7O/c1-15-5-2-3-6-16(15)24-19-21-10-7-17(25-19)18(28)26-11-13-27(14-12-26)20-22-8-4-9-23-20/h2-10H,11-14H2,1H3,(H,21,24,25). The maximum atomic E-state index is 12.9. The molecule has 0 aliphatic carbocycles. The van der Waals surface area contributed by atoms with Crippen molar-refractivity contribution in [3.63, 3.8) is 0 Å². The second-order valence-corrected chi connectivity index (χ2v) is 6.53. The third kappa shape index (κ3) is 3.90. The fourth-order valence-electron chi connectivity index (χ4n) is 3.10. The Labute approximate surface area is 163 Å². The first-order valence-corrected chi connectivity index (χ1v) is 9.17. The van der Waals surface area contributed by atoms with Gasteiger partial charge in [0.1, 0.15) is 5.69 Å². The summed E-state index contributed by atoms with van der Waals surface area (Å²) < 4.78 is 0. The highest BCUT2D eigenvalue weighted by molar-refractivity contribution is 5.92. The molecule has 0 spiro atoms. The van der Waals surface area contributed by atoms with Crippen molar-refractivity contribution in [3.05, 3.63) is 66.2 Å². The summed E-state index contributed by atoms with van der Waals surface area (Å²) in [6, 6.07) is 11.3. The molecule has 3 aromatic rings. The van der Waals surface area contributed by atoms with Crippen LogP contribution in [0.5, 0.6) is 0 Å². The van der Waals surface area contributed by atoms with Gasteiger partial charge in [0.2, 0.25) is 11.9 Å². The largest absolute Gasteiger partial charge is 0.337 e. The van der Waals surface area contributed by atoms with E-state index in [1.54, 1.807) is 35.6 Å². The summed E-state index contributed by atoms with van der Waals surface area (Å²) in [4.78, 5) is 33.9. The molecule has 1 amide bonds. The SMILES string of the molecule is Cc1ccccc1Nc1nccc(C(=O)N2CCN(c3ncccn3)CC2)n1. The van der Waals surface area contributed by atoms with Gasteiger partial charge in [-0.15, -0.1) is 0 Å². The average Bonchev–Trinajstić information content (AvgIpc) is 2.76. The van der Waals surface area contributed by atoms with E-state index in [2.05, 4.69) is 30.2 Å². The number of aryl methyl sites for hydroxylation is 1. The van der Waals surface area contributed by atoms with Crippen LogP contribution in [0.1, 0.15) is 16.1 Å². The Bertz CT molecular complexity index is 956. The van der Waals surface area contributed by atoms with Gasteiger partial charge in [0, 0.05) is 50.5 Å². The van der Waals surface area contributed by atoms with Gasteiger partial charge in [0.25, 0.3) is 5.91 Å². The monoisotopic (exact) mass is 375 g/mol. The Morgan fingerprint density at radius 3 is 2.43 bits per heavy atom. The topological polar surface area (TPSA) is 87.1 Å². The zero-order valence-electron chi connectivity index (χ0n) is 15.6. The quantitative estimate of drug-likeness (QED) is 0.748. The third-order valence-electron chi connectivity index (χ3n) is 4.67. The summed E-state index contributed by atoms with van der Waals surface area (Å²) in [7, 11) is 0. The van der Waals surface area contributed by atoms with E-state index in [-0.39, 0.29) is 5.91 Å². The molecular formula is C20H21N7O. The number of nitrogens with zero attached hydrogens (tertiary/aromatic N) is 6. The van der Waals surface area contributed by atoms with Crippen LogP contribution >= 0.6 is 0 Å². The van der Waals surface area contributed by atoms with Gasteiger partial charge in [-0.2, -0.15) is 0 Å². The van der Waals surface area contributed by atoms with Gasteiger partial charge in [0.05, 0.1) is 0 Å². The number of carbonyl (C=O) groups excluding carboxylic acids is 1. The number of aromatic nitrogens is 4. The molecule has 1 fully saturated rings. The lowest BCUT2D eigenvalue weighted by molar-refractivity contribution is 0.0740. The number of anilines is 3. The lowest BCUT2D eigenvalue weighted by atomic mass is 10.2. The Morgan fingerprint density at radius 1 is 0.929 bits per heavy atom. The second kappa shape index (κ2) is 7.99. The number of hydrogen-bond acceptors (Lipinski definition) is 7. The lowest BCUT2D eigenvalue weighted by Crippen LogP contribution is -2.49. The molecule has 1 saturated heterocycles. The van der Waals surface area contributed by atoms with E-state index >= 15 is 0 Å². The molecule has 1 aliphatic rings. The Balaban J connectivity index is 1.42. The summed E-state index contributed by atoms with van der Waals surface area (Å²) in [5, 5.41) is 3.18. The van der Waals surface area contributed by atoms with Crippen molar-refractivity contribution < 1.29 is 4.79 Å². The van der Waals surface area contributed by atoms with Gasteiger partial charge in [-0.1, -0.05) is 18.2 Å². The van der Waals surface area contributed by atoms with Crippen molar-refractivity contribution in [2.45, 2.75) is 6.92 Å². The van der Waals surface area contributed by atoms with Crippen LogP contribution in [0.4, 0.5) is 17.6 Å². The smallest absolute Gasteiger partial charge is 0.272 e.